The van der Waals surface area contributed by atoms with E-state index in [0.717, 1.165) is 5.56 Å². The lowest BCUT2D eigenvalue weighted by Crippen LogP contribution is -2.38. The Labute approximate surface area is 105 Å². The van der Waals surface area contributed by atoms with Gasteiger partial charge < -0.3 is 15.5 Å². The predicted molar refractivity (Wildman–Crippen MR) is 66.4 cm³/mol. The fourth-order valence-corrected chi connectivity index (χ4v) is 1.62. The minimum atomic E-state index is -0.948. The maximum absolute atomic E-state index is 11.0. The fraction of sp³-hybridized carbons (Fsp3) is 0.385. The molecule has 0 aromatic heterocycles. The van der Waals surface area contributed by atoms with Crippen LogP contribution in [0.1, 0.15) is 18.4 Å². The average molecular weight is 251 g/mol. The molecule has 0 aliphatic heterocycles. The molecule has 1 aromatic carbocycles. The number of aliphatic carboxylic acids is 2. The van der Waals surface area contributed by atoms with Crippen molar-refractivity contribution in [3.8, 4) is 0 Å². The Hall–Kier alpha value is -1.88. The molecule has 18 heavy (non-hydrogen) atoms. The van der Waals surface area contributed by atoms with Crippen LogP contribution in [0, 0.1) is 0 Å². The van der Waals surface area contributed by atoms with E-state index < -0.39 is 18.0 Å². The summed E-state index contributed by atoms with van der Waals surface area (Å²) in [4.78, 5) is 21.3. The van der Waals surface area contributed by atoms with Crippen LogP contribution >= 0.6 is 0 Å². The van der Waals surface area contributed by atoms with Crippen LogP contribution in [0.5, 0.6) is 0 Å². The van der Waals surface area contributed by atoms with Crippen LogP contribution in [0.3, 0.4) is 0 Å². The van der Waals surface area contributed by atoms with E-state index in [9.17, 15) is 9.59 Å². The molecule has 1 aromatic rings. The molecule has 98 valence electrons. The molecule has 3 N–H and O–H groups in total. The lowest BCUT2D eigenvalue weighted by Gasteiger charge is -2.13. The molecule has 0 aliphatic rings. The molecule has 0 heterocycles. The number of hydrogen-bond donors (Lipinski definition) is 3. The molecule has 0 spiro atoms. The largest absolute Gasteiger partial charge is 0.481 e. The van der Waals surface area contributed by atoms with E-state index in [1.807, 2.05) is 30.3 Å². The Morgan fingerprint density at radius 1 is 1.17 bits per heavy atom. The van der Waals surface area contributed by atoms with E-state index in [-0.39, 0.29) is 13.0 Å². The quantitative estimate of drug-likeness (QED) is 0.645. The zero-order valence-corrected chi connectivity index (χ0v) is 10.0. The number of carbonyl (C=O) groups is 2. The lowest BCUT2D eigenvalue weighted by atomic mass is 10.1. The number of aryl methyl sites for hydroxylation is 1. The predicted octanol–water partition coefficient (Wildman–Crippen LogP) is 1.14. The van der Waals surface area contributed by atoms with E-state index in [1.54, 1.807) is 0 Å². The zero-order chi connectivity index (χ0) is 13.4. The monoisotopic (exact) mass is 251 g/mol. The molecule has 1 atom stereocenters. The van der Waals surface area contributed by atoms with Gasteiger partial charge in [-0.3, -0.25) is 9.59 Å². The van der Waals surface area contributed by atoms with E-state index in [4.69, 9.17) is 10.2 Å². The molecule has 5 nitrogen and oxygen atoms in total. The van der Waals surface area contributed by atoms with Crippen LogP contribution < -0.4 is 5.32 Å². The van der Waals surface area contributed by atoms with Crippen molar-refractivity contribution in [2.24, 2.45) is 0 Å². The van der Waals surface area contributed by atoms with Gasteiger partial charge in [-0.05, 0) is 18.4 Å². The van der Waals surface area contributed by atoms with Gasteiger partial charge in [-0.25, -0.2) is 0 Å². The van der Waals surface area contributed by atoms with Crippen LogP contribution in [-0.2, 0) is 16.0 Å². The number of carboxylic acids is 2. The first-order valence-electron chi connectivity index (χ1n) is 5.81. The Kier molecular flexibility index (Phi) is 5.87. The standard InChI is InChI=1S/C13H17NO4/c15-12(16)8-9-14-11(13(17)18)7-6-10-4-2-1-3-5-10/h1-5,11,14H,6-9H2,(H,15,16)(H,17,18)/t11-/m0/s1. The average Bonchev–Trinajstić information content (AvgIpc) is 2.34. The number of benzene rings is 1. The molecule has 5 heteroatoms. The minimum absolute atomic E-state index is 0.0743. The smallest absolute Gasteiger partial charge is 0.320 e. The first-order valence-corrected chi connectivity index (χ1v) is 5.81. The highest BCUT2D eigenvalue weighted by Crippen LogP contribution is 2.05. The molecular formula is C13H17NO4. The highest BCUT2D eigenvalue weighted by atomic mass is 16.4. The second-order valence-corrected chi connectivity index (χ2v) is 4.01. The summed E-state index contributed by atoms with van der Waals surface area (Å²) < 4.78 is 0. The summed E-state index contributed by atoms with van der Waals surface area (Å²) in [5.41, 5.74) is 1.07. The molecule has 0 saturated carbocycles. The Morgan fingerprint density at radius 3 is 2.39 bits per heavy atom. The van der Waals surface area contributed by atoms with Crippen molar-refractivity contribution in [3.63, 3.8) is 0 Å². The summed E-state index contributed by atoms with van der Waals surface area (Å²) in [6, 6.07) is 8.89. The molecule has 0 aliphatic carbocycles. The lowest BCUT2D eigenvalue weighted by molar-refractivity contribution is -0.141. The van der Waals surface area contributed by atoms with Gasteiger partial charge in [-0.15, -0.1) is 0 Å². The third-order valence-corrected chi connectivity index (χ3v) is 2.59. The van der Waals surface area contributed by atoms with Gasteiger partial charge in [-0.1, -0.05) is 30.3 Å². The normalized spacial score (nSPS) is 12.0. The summed E-state index contributed by atoms with van der Waals surface area (Å²) in [6.45, 7) is 0.168. The van der Waals surface area contributed by atoms with Crippen molar-refractivity contribution < 1.29 is 19.8 Å². The van der Waals surface area contributed by atoms with Gasteiger partial charge in [-0.2, -0.15) is 0 Å². The molecule has 0 saturated heterocycles. The van der Waals surface area contributed by atoms with Crippen LogP contribution in [0.25, 0.3) is 0 Å². The highest BCUT2D eigenvalue weighted by molar-refractivity contribution is 5.73. The van der Waals surface area contributed by atoms with E-state index in [2.05, 4.69) is 5.32 Å². The highest BCUT2D eigenvalue weighted by Gasteiger charge is 2.16. The summed E-state index contributed by atoms with van der Waals surface area (Å²) in [5.74, 6) is -1.88. The molecule has 1 rings (SSSR count). The Bertz CT molecular complexity index is 391. The van der Waals surface area contributed by atoms with Crippen molar-refractivity contribution in [1.82, 2.24) is 5.32 Å². The van der Waals surface area contributed by atoms with E-state index in [0.29, 0.717) is 12.8 Å². The summed E-state index contributed by atoms with van der Waals surface area (Å²) in [5, 5.41) is 20.2. The van der Waals surface area contributed by atoms with Gasteiger partial charge in [0.05, 0.1) is 6.42 Å². The summed E-state index contributed by atoms with van der Waals surface area (Å²) in [7, 11) is 0. The van der Waals surface area contributed by atoms with Gasteiger partial charge in [0, 0.05) is 6.54 Å². The fourth-order valence-electron chi connectivity index (χ4n) is 1.62. The number of carboxylic acid groups (broad SMARTS) is 2. The first-order chi connectivity index (χ1) is 8.59. The molecular weight excluding hydrogens is 234 g/mol. The van der Waals surface area contributed by atoms with Gasteiger partial charge in [0.15, 0.2) is 0 Å². The number of nitrogens with one attached hydrogen (secondary N) is 1. The van der Waals surface area contributed by atoms with Gasteiger partial charge >= 0.3 is 11.9 Å². The van der Waals surface area contributed by atoms with E-state index in [1.165, 1.54) is 0 Å². The van der Waals surface area contributed by atoms with Gasteiger partial charge in [0.2, 0.25) is 0 Å². The number of rotatable bonds is 8. The third kappa shape index (κ3) is 5.45. The van der Waals surface area contributed by atoms with Crippen LogP contribution in [0.15, 0.2) is 30.3 Å². The number of hydrogen-bond acceptors (Lipinski definition) is 3. The third-order valence-electron chi connectivity index (χ3n) is 2.59. The van der Waals surface area contributed by atoms with Crippen LogP contribution in [-0.4, -0.2) is 34.7 Å². The topological polar surface area (TPSA) is 86.6 Å². The van der Waals surface area contributed by atoms with Crippen molar-refractivity contribution in [1.29, 1.82) is 0 Å². The van der Waals surface area contributed by atoms with Gasteiger partial charge in [0.25, 0.3) is 0 Å². The minimum Gasteiger partial charge on any atom is -0.481 e. The second kappa shape index (κ2) is 7.45. The van der Waals surface area contributed by atoms with Crippen molar-refractivity contribution >= 4 is 11.9 Å². The van der Waals surface area contributed by atoms with Crippen LogP contribution in [0.4, 0.5) is 0 Å². The Balaban J connectivity index is 2.38. The maximum Gasteiger partial charge on any atom is 0.320 e. The van der Waals surface area contributed by atoms with Crippen LogP contribution in [0.2, 0.25) is 0 Å². The second-order valence-electron chi connectivity index (χ2n) is 4.01. The summed E-state index contributed by atoms with van der Waals surface area (Å²) >= 11 is 0. The van der Waals surface area contributed by atoms with Gasteiger partial charge in [0.1, 0.15) is 6.04 Å². The maximum atomic E-state index is 11.0. The molecule has 0 bridgehead atoms. The molecule has 0 unspecified atom stereocenters. The first kappa shape index (κ1) is 14.2. The zero-order valence-electron chi connectivity index (χ0n) is 10.0. The van der Waals surface area contributed by atoms with Crippen molar-refractivity contribution in [2.45, 2.75) is 25.3 Å². The van der Waals surface area contributed by atoms with Crippen molar-refractivity contribution in [2.75, 3.05) is 6.54 Å². The SMILES string of the molecule is O=C(O)CCN[C@@H](CCc1ccccc1)C(=O)O. The molecule has 0 amide bonds. The molecule has 0 fully saturated rings. The Morgan fingerprint density at radius 2 is 1.83 bits per heavy atom. The van der Waals surface area contributed by atoms with Crippen molar-refractivity contribution in [3.05, 3.63) is 35.9 Å². The summed E-state index contributed by atoms with van der Waals surface area (Å²) in [6.07, 6.45) is 1.02. The van der Waals surface area contributed by atoms with E-state index >= 15 is 0 Å². The molecule has 0 radical (unpaired) electrons.